The van der Waals surface area contributed by atoms with Crippen molar-refractivity contribution >= 4 is 28.6 Å². The van der Waals surface area contributed by atoms with E-state index in [4.69, 9.17) is 16.0 Å². The highest BCUT2D eigenvalue weighted by atomic mass is 35.5. The molecule has 7 heteroatoms. The van der Waals surface area contributed by atoms with E-state index >= 15 is 0 Å². The standard InChI is InChI=1S/C21H16ClN3O3/c22-16-8-9-17-18(11-16)28-21(27)25(17)13-19(26)24-20(14-5-2-1-3-6-14)15-7-4-10-23-12-15/h1-12,20H,13H2,(H,24,26). The van der Waals surface area contributed by atoms with E-state index in [0.717, 1.165) is 11.1 Å². The van der Waals surface area contributed by atoms with Gasteiger partial charge in [-0.1, -0.05) is 48.0 Å². The topological polar surface area (TPSA) is 77.1 Å². The van der Waals surface area contributed by atoms with Gasteiger partial charge in [0, 0.05) is 23.5 Å². The molecule has 2 aromatic heterocycles. The summed E-state index contributed by atoms with van der Waals surface area (Å²) >= 11 is 5.93. The lowest BCUT2D eigenvalue weighted by Crippen LogP contribution is -2.34. The molecule has 0 saturated carbocycles. The molecular formula is C21H16ClN3O3. The van der Waals surface area contributed by atoms with Gasteiger partial charge in [-0.15, -0.1) is 0 Å². The van der Waals surface area contributed by atoms with Crippen LogP contribution in [0.3, 0.4) is 0 Å². The van der Waals surface area contributed by atoms with Crippen LogP contribution in [0, 0.1) is 0 Å². The Labute approximate surface area is 165 Å². The van der Waals surface area contributed by atoms with Crippen molar-refractivity contribution in [1.29, 1.82) is 0 Å². The summed E-state index contributed by atoms with van der Waals surface area (Å²) in [7, 11) is 0. The number of benzene rings is 2. The van der Waals surface area contributed by atoms with Gasteiger partial charge in [0.05, 0.1) is 11.6 Å². The summed E-state index contributed by atoms with van der Waals surface area (Å²) in [6.45, 7) is -0.170. The molecule has 1 atom stereocenters. The normalized spacial score (nSPS) is 12.0. The molecule has 140 valence electrons. The third-order valence-corrected chi connectivity index (χ3v) is 4.62. The second kappa shape index (κ2) is 7.70. The van der Waals surface area contributed by atoms with Crippen LogP contribution in [-0.4, -0.2) is 15.5 Å². The van der Waals surface area contributed by atoms with Gasteiger partial charge in [0.1, 0.15) is 6.54 Å². The fourth-order valence-electron chi connectivity index (χ4n) is 3.09. The molecule has 0 aliphatic carbocycles. The van der Waals surface area contributed by atoms with Gasteiger partial charge in [0.25, 0.3) is 0 Å². The highest BCUT2D eigenvalue weighted by Gasteiger charge is 2.19. The van der Waals surface area contributed by atoms with Gasteiger partial charge in [0.15, 0.2) is 5.58 Å². The van der Waals surface area contributed by atoms with Crippen molar-refractivity contribution in [3.8, 4) is 0 Å². The van der Waals surface area contributed by atoms with Crippen molar-refractivity contribution in [3.05, 3.63) is 99.8 Å². The predicted molar refractivity (Wildman–Crippen MR) is 106 cm³/mol. The second-order valence-electron chi connectivity index (χ2n) is 6.26. The maximum Gasteiger partial charge on any atom is 0.420 e. The maximum absolute atomic E-state index is 12.8. The van der Waals surface area contributed by atoms with E-state index < -0.39 is 5.76 Å². The van der Waals surface area contributed by atoms with Crippen LogP contribution in [0.2, 0.25) is 5.02 Å². The molecule has 0 spiro atoms. The Kier molecular flexibility index (Phi) is 4.95. The van der Waals surface area contributed by atoms with Crippen LogP contribution in [0.4, 0.5) is 0 Å². The Balaban J connectivity index is 1.62. The monoisotopic (exact) mass is 393 g/mol. The van der Waals surface area contributed by atoms with Crippen molar-refractivity contribution in [1.82, 2.24) is 14.9 Å². The zero-order chi connectivity index (χ0) is 19.5. The maximum atomic E-state index is 12.8. The number of halogens is 1. The molecule has 0 aliphatic heterocycles. The van der Waals surface area contributed by atoms with Crippen LogP contribution >= 0.6 is 11.6 Å². The van der Waals surface area contributed by atoms with E-state index in [-0.39, 0.29) is 18.5 Å². The van der Waals surface area contributed by atoms with Crippen molar-refractivity contribution in [3.63, 3.8) is 0 Å². The van der Waals surface area contributed by atoms with Gasteiger partial charge < -0.3 is 9.73 Å². The smallest absolute Gasteiger partial charge is 0.408 e. The Bertz CT molecular complexity index is 1130. The fourth-order valence-corrected chi connectivity index (χ4v) is 3.25. The summed E-state index contributed by atoms with van der Waals surface area (Å²) in [5.74, 6) is -0.928. The van der Waals surface area contributed by atoms with E-state index in [2.05, 4.69) is 10.3 Å². The van der Waals surface area contributed by atoms with Gasteiger partial charge in [0.2, 0.25) is 5.91 Å². The van der Waals surface area contributed by atoms with Gasteiger partial charge >= 0.3 is 5.76 Å². The lowest BCUT2D eigenvalue weighted by atomic mass is 10.0. The molecule has 1 N–H and O–H groups in total. The largest absolute Gasteiger partial charge is 0.420 e. The first-order valence-electron chi connectivity index (χ1n) is 8.65. The number of carbonyl (C=O) groups is 1. The number of aromatic nitrogens is 2. The first-order chi connectivity index (χ1) is 13.6. The van der Waals surface area contributed by atoms with Crippen molar-refractivity contribution in [2.24, 2.45) is 0 Å². The third-order valence-electron chi connectivity index (χ3n) is 4.39. The number of oxazole rings is 1. The predicted octanol–water partition coefficient (Wildman–Crippen LogP) is 3.55. The fraction of sp³-hybridized carbons (Fsp3) is 0.0952. The average Bonchev–Trinajstić information content (AvgIpc) is 3.01. The molecule has 0 aliphatic rings. The van der Waals surface area contributed by atoms with E-state index in [1.54, 1.807) is 30.6 Å². The molecule has 4 rings (SSSR count). The molecule has 1 unspecified atom stereocenters. The van der Waals surface area contributed by atoms with Crippen LogP contribution in [0.1, 0.15) is 17.2 Å². The molecule has 2 heterocycles. The number of pyridine rings is 1. The molecule has 6 nitrogen and oxygen atoms in total. The molecule has 0 saturated heterocycles. The zero-order valence-corrected chi connectivity index (χ0v) is 15.5. The van der Waals surface area contributed by atoms with Gasteiger partial charge in [-0.05, 0) is 29.3 Å². The van der Waals surface area contributed by atoms with Crippen molar-refractivity contribution < 1.29 is 9.21 Å². The average molecular weight is 394 g/mol. The first kappa shape index (κ1) is 18.0. The van der Waals surface area contributed by atoms with Gasteiger partial charge in [-0.2, -0.15) is 0 Å². The number of fused-ring (bicyclic) bond motifs is 1. The molecule has 0 radical (unpaired) electrons. The Hall–Kier alpha value is -3.38. The summed E-state index contributed by atoms with van der Waals surface area (Å²) in [4.78, 5) is 29.1. The molecule has 1 amide bonds. The van der Waals surface area contributed by atoms with Gasteiger partial charge in [-0.3, -0.25) is 14.3 Å². The van der Waals surface area contributed by atoms with E-state index in [1.807, 2.05) is 42.5 Å². The molecule has 0 bridgehead atoms. The molecule has 4 aromatic rings. The Morgan fingerprint density at radius 3 is 2.64 bits per heavy atom. The van der Waals surface area contributed by atoms with Crippen molar-refractivity contribution in [2.75, 3.05) is 0 Å². The number of nitrogens with one attached hydrogen (secondary N) is 1. The Morgan fingerprint density at radius 2 is 1.89 bits per heavy atom. The highest BCUT2D eigenvalue weighted by Crippen LogP contribution is 2.22. The first-order valence-corrected chi connectivity index (χ1v) is 9.03. The van der Waals surface area contributed by atoms with E-state index in [0.29, 0.717) is 16.1 Å². The van der Waals surface area contributed by atoms with Crippen LogP contribution in [0.25, 0.3) is 11.1 Å². The quantitative estimate of drug-likeness (QED) is 0.562. The number of rotatable bonds is 5. The number of hydrogen-bond acceptors (Lipinski definition) is 4. The molecule has 28 heavy (non-hydrogen) atoms. The van der Waals surface area contributed by atoms with Crippen LogP contribution in [0.15, 0.2) is 82.3 Å². The summed E-state index contributed by atoms with van der Waals surface area (Å²) < 4.78 is 6.47. The minimum atomic E-state index is -0.606. The number of hydrogen-bond donors (Lipinski definition) is 1. The van der Waals surface area contributed by atoms with Gasteiger partial charge in [-0.25, -0.2) is 4.79 Å². The van der Waals surface area contributed by atoms with Crippen LogP contribution in [-0.2, 0) is 11.3 Å². The molecule has 0 fully saturated rings. The van der Waals surface area contributed by atoms with Crippen LogP contribution < -0.4 is 11.1 Å². The summed E-state index contributed by atoms with van der Waals surface area (Å²) in [6.07, 6.45) is 3.38. The lowest BCUT2D eigenvalue weighted by Gasteiger charge is -2.19. The van der Waals surface area contributed by atoms with E-state index in [1.165, 1.54) is 4.57 Å². The SMILES string of the molecule is O=C(Cn1c(=O)oc2cc(Cl)ccc21)NC(c1ccccc1)c1cccnc1. The minimum Gasteiger partial charge on any atom is -0.408 e. The zero-order valence-electron chi connectivity index (χ0n) is 14.7. The summed E-state index contributed by atoms with van der Waals surface area (Å²) in [6, 6.07) is 17.8. The number of nitrogens with zero attached hydrogens (tertiary/aromatic N) is 2. The van der Waals surface area contributed by atoms with E-state index in [9.17, 15) is 9.59 Å². The second-order valence-corrected chi connectivity index (χ2v) is 6.70. The molecular weight excluding hydrogens is 378 g/mol. The minimum absolute atomic E-state index is 0.170. The Morgan fingerprint density at radius 1 is 1.11 bits per heavy atom. The lowest BCUT2D eigenvalue weighted by molar-refractivity contribution is -0.122. The van der Waals surface area contributed by atoms with Crippen molar-refractivity contribution in [2.45, 2.75) is 12.6 Å². The molecule has 2 aromatic carbocycles. The summed E-state index contributed by atoms with van der Waals surface area (Å²) in [5, 5.41) is 3.44. The number of carbonyl (C=O) groups excluding carboxylic acids is 1. The number of amides is 1. The summed E-state index contributed by atoms with van der Waals surface area (Å²) in [5.41, 5.74) is 2.62. The third kappa shape index (κ3) is 3.68. The van der Waals surface area contributed by atoms with Crippen LogP contribution in [0.5, 0.6) is 0 Å². The highest BCUT2D eigenvalue weighted by molar-refractivity contribution is 6.31.